The van der Waals surface area contributed by atoms with Crippen LogP contribution in [0, 0.1) is 0 Å². The summed E-state index contributed by atoms with van der Waals surface area (Å²) in [5.41, 5.74) is 5.59. The molecule has 0 spiro atoms. The Morgan fingerprint density at radius 3 is 0.822 bits per heavy atom. The van der Waals surface area contributed by atoms with Crippen LogP contribution in [0.25, 0.3) is 65.7 Å². The van der Waals surface area contributed by atoms with Gasteiger partial charge in [0.1, 0.15) is 0 Å². The van der Waals surface area contributed by atoms with Crippen LogP contribution in [0.3, 0.4) is 0 Å². The molecule has 0 heterocycles. The lowest BCUT2D eigenvalue weighted by Crippen LogP contribution is -1.99. The zero-order valence-electron chi connectivity index (χ0n) is 23.7. The second-order valence-electron chi connectivity index (χ2n) is 10.8. The third-order valence-electron chi connectivity index (χ3n) is 8.33. The molecular formula is C39H24O6. The standard InChI is InChI=1S/C39H24O6/c40-37(41)34-16-13-25(28-7-1-4-10-31(28)34)22-19-23(26-14-17-35(38(42)43)32-11-5-2-8-29(26)32)21-24(20-22)27-15-18-36(39(44)45)33-12-6-3-9-30(27)33/h1-21H,(H,40,41)(H,42,43)(H,44,45). The minimum Gasteiger partial charge on any atom is -0.478 e. The minimum atomic E-state index is -1.01. The van der Waals surface area contributed by atoms with Crippen molar-refractivity contribution < 1.29 is 29.7 Å². The maximum absolute atomic E-state index is 12.1. The Balaban J connectivity index is 1.57. The smallest absolute Gasteiger partial charge is 0.336 e. The molecule has 0 aromatic heterocycles. The van der Waals surface area contributed by atoms with Crippen molar-refractivity contribution in [3.8, 4) is 33.4 Å². The summed E-state index contributed by atoms with van der Waals surface area (Å²) in [4.78, 5) is 36.2. The van der Waals surface area contributed by atoms with Crippen molar-refractivity contribution in [3.05, 3.63) is 144 Å². The highest BCUT2D eigenvalue weighted by atomic mass is 16.4. The summed E-state index contributed by atoms with van der Waals surface area (Å²) >= 11 is 0. The molecule has 0 unspecified atom stereocenters. The fourth-order valence-corrected chi connectivity index (χ4v) is 6.31. The van der Waals surface area contributed by atoms with E-state index in [1.165, 1.54) is 0 Å². The summed E-state index contributed by atoms with van der Waals surface area (Å²) in [5, 5.41) is 33.8. The molecule has 45 heavy (non-hydrogen) atoms. The number of fused-ring (bicyclic) bond motifs is 3. The number of carbonyl (C=O) groups is 3. The first kappa shape index (κ1) is 27.6. The quantitative estimate of drug-likeness (QED) is 0.179. The van der Waals surface area contributed by atoms with Gasteiger partial charge in [0, 0.05) is 0 Å². The van der Waals surface area contributed by atoms with E-state index in [1.807, 2.05) is 91.0 Å². The summed E-state index contributed by atoms with van der Waals surface area (Å²) in [6, 6.07) is 38.5. The third-order valence-corrected chi connectivity index (χ3v) is 8.33. The molecule has 6 nitrogen and oxygen atoms in total. The van der Waals surface area contributed by atoms with Gasteiger partial charge in [-0.05, 0) is 102 Å². The Hall–Kier alpha value is -6.27. The number of hydrogen-bond donors (Lipinski definition) is 3. The highest BCUT2D eigenvalue weighted by molar-refractivity contribution is 6.12. The van der Waals surface area contributed by atoms with Crippen molar-refractivity contribution in [2.24, 2.45) is 0 Å². The molecule has 0 fully saturated rings. The molecule has 0 aliphatic carbocycles. The summed E-state index contributed by atoms with van der Waals surface area (Å²) < 4.78 is 0. The van der Waals surface area contributed by atoms with Crippen molar-refractivity contribution in [1.29, 1.82) is 0 Å². The Kier molecular flexibility index (Phi) is 6.60. The number of aromatic carboxylic acids is 3. The number of hydrogen-bond acceptors (Lipinski definition) is 3. The average molecular weight is 589 g/mol. The van der Waals surface area contributed by atoms with Crippen LogP contribution in [0.4, 0.5) is 0 Å². The van der Waals surface area contributed by atoms with Crippen molar-refractivity contribution in [1.82, 2.24) is 0 Å². The monoisotopic (exact) mass is 588 g/mol. The highest BCUT2D eigenvalue weighted by Crippen LogP contribution is 2.41. The van der Waals surface area contributed by atoms with Crippen LogP contribution in [-0.4, -0.2) is 33.2 Å². The van der Waals surface area contributed by atoms with Gasteiger partial charge in [-0.3, -0.25) is 0 Å². The molecule has 0 radical (unpaired) electrons. The fraction of sp³-hybridized carbons (Fsp3) is 0. The van der Waals surface area contributed by atoms with Gasteiger partial charge in [-0.1, -0.05) is 91.0 Å². The van der Waals surface area contributed by atoms with Gasteiger partial charge in [-0.25, -0.2) is 14.4 Å². The molecule has 3 N–H and O–H groups in total. The molecule has 0 aliphatic rings. The second-order valence-corrected chi connectivity index (χ2v) is 10.8. The van der Waals surface area contributed by atoms with Crippen LogP contribution >= 0.6 is 0 Å². The van der Waals surface area contributed by atoms with E-state index in [0.717, 1.165) is 49.5 Å². The predicted molar refractivity (Wildman–Crippen MR) is 176 cm³/mol. The molecular weight excluding hydrogens is 564 g/mol. The van der Waals surface area contributed by atoms with Gasteiger partial charge in [0.05, 0.1) is 16.7 Å². The molecule has 7 aromatic carbocycles. The molecule has 6 heteroatoms. The maximum atomic E-state index is 12.1. The van der Waals surface area contributed by atoms with Crippen LogP contribution in [-0.2, 0) is 0 Å². The van der Waals surface area contributed by atoms with E-state index in [-0.39, 0.29) is 16.7 Å². The van der Waals surface area contributed by atoms with Crippen LogP contribution in [0.1, 0.15) is 31.1 Å². The van der Waals surface area contributed by atoms with Gasteiger partial charge in [0.2, 0.25) is 0 Å². The molecule has 0 bridgehead atoms. The molecule has 0 saturated heterocycles. The lowest BCUT2D eigenvalue weighted by molar-refractivity contribution is 0.0688. The van der Waals surface area contributed by atoms with Crippen LogP contribution < -0.4 is 0 Å². The van der Waals surface area contributed by atoms with Crippen LogP contribution in [0.5, 0.6) is 0 Å². The number of benzene rings is 7. The lowest BCUT2D eigenvalue weighted by Gasteiger charge is -2.17. The molecule has 216 valence electrons. The van der Waals surface area contributed by atoms with Gasteiger partial charge in [-0.15, -0.1) is 0 Å². The SMILES string of the molecule is O=C(O)c1ccc(-c2cc(-c3ccc(C(=O)O)c4ccccc34)cc(-c3ccc(C(=O)O)c4ccccc34)c2)c2ccccc12. The van der Waals surface area contributed by atoms with E-state index in [4.69, 9.17) is 0 Å². The molecule has 0 saturated carbocycles. The van der Waals surface area contributed by atoms with Crippen molar-refractivity contribution >= 4 is 50.2 Å². The van der Waals surface area contributed by atoms with Crippen LogP contribution in [0.15, 0.2) is 127 Å². The van der Waals surface area contributed by atoms with E-state index in [0.29, 0.717) is 16.2 Å². The van der Waals surface area contributed by atoms with Gasteiger partial charge in [-0.2, -0.15) is 0 Å². The fourth-order valence-electron chi connectivity index (χ4n) is 6.31. The average Bonchev–Trinajstić information content (AvgIpc) is 3.06. The van der Waals surface area contributed by atoms with Crippen molar-refractivity contribution in [2.45, 2.75) is 0 Å². The number of carboxylic acid groups (broad SMARTS) is 3. The zero-order valence-corrected chi connectivity index (χ0v) is 23.7. The lowest BCUT2D eigenvalue weighted by atomic mass is 9.87. The summed E-state index contributed by atoms with van der Waals surface area (Å²) in [6.07, 6.45) is 0. The van der Waals surface area contributed by atoms with E-state index >= 15 is 0 Å². The van der Waals surface area contributed by atoms with Gasteiger partial charge >= 0.3 is 17.9 Å². The Labute approximate surface area is 257 Å². The van der Waals surface area contributed by atoms with E-state index in [1.54, 1.807) is 36.4 Å². The summed E-state index contributed by atoms with van der Waals surface area (Å²) in [6.45, 7) is 0. The second kappa shape index (κ2) is 10.8. The van der Waals surface area contributed by atoms with Gasteiger partial charge in [0.25, 0.3) is 0 Å². The van der Waals surface area contributed by atoms with Crippen molar-refractivity contribution in [2.75, 3.05) is 0 Å². The maximum Gasteiger partial charge on any atom is 0.336 e. The first-order chi connectivity index (χ1) is 21.8. The van der Waals surface area contributed by atoms with Gasteiger partial charge < -0.3 is 15.3 Å². The third kappa shape index (κ3) is 4.65. The largest absolute Gasteiger partial charge is 0.478 e. The molecule has 0 atom stereocenters. The predicted octanol–water partition coefficient (Wildman–Crippen LogP) is 9.24. The van der Waals surface area contributed by atoms with E-state index in [2.05, 4.69) is 0 Å². The highest BCUT2D eigenvalue weighted by Gasteiger charge is 2.18. The Morgan fingerprint density at radius 2 is 0.578 bits per heavy atom. The topological polar surface area (TPSA) is 112 Å². The Bertz CT molecular complexity index is 2090. The first-order valence-corrected chi connectivity index (χ1v) is 14.2. The molecule has 0 amide bonds. The van der Waals surface area contributed by atoms with Gasteiger partial charge in [0.15, 0.2) is 0 Å². The Morgan fingerprint density at radius 1 is 0.333 bits per heavy atom. The van der Waals surface area contributed by atoms with E-state index < -0.39 is 17.9 Å². The molecule has 7 aromatic rings. The summed E-state index contributed by atoms with van der Waals surface area (Å²) in [5.74, 6) is -3.04. The van der Waals surface area contributed by atoms with Crippen molar-refractivity contribution in [3.63, 3.8) is 0 Å². The van der Waals surface area contributed by atoms with Crippen LogP contribution in [0.2, 0.25) is 0 Å². The van der Waals surface area contributed by atoms with E-state index in [9.17, 15) is 29.7 Å². The number of rotatable bonds is 6. The normalized spacial score (nSPS) is 11.2. The molecule has 7 rings (SSSR count). The summed E-state index contributed by atoms with van der Waals surface area (Å²) in [7, 11) is 0. The first-order valence-electron chi connectivity index (χ1n) is 14.2. The zero-order chi connectivity index (χ0) is 31.2. The number of carboxylic acids is 3. The molecule has 0 aliphatic heterocycles. The minimum absolute atomic E-state index is 0.205.